The van der Waals surface area contributed by atoms with Gasteiger partial charge in [-0.2, -0.15) is 13.2 Å². The van der Waals surface area contributed by atoms with Gasteiger partial charge in [-0.25, -0.2) is 4.79 Å². The zero-order valence-corrected chi connectivity index (χ0v) is 12.9. The molecule has 0 spiro atoms. The van der Waals surface area contributed by atoms with E-state index in [0.29, 0.717) is 6.61 Å². The largest absolute Gasteiger partial charge is 0.490 e. The minimum atomic E-state index is -4.72. The molecule has 24 heavy (non-hydrogen) atoms. The quantitative estimate of drug-likeness (QED) is 0.668. The number of carboxylic acids is 1. The Morgan fingerprint density at radius 1 is 1.25 bits per heavy atom. The summed E-state index contributed by atoms with van der Waals surface area (Å²) < 4.78 is 47.6. The maximum absolute atomic E-state index is 12.4. The van der Waals surface area contributed by atoms with Gasteiger partial charge in [-0.1, -0.05) is 12.1 Å². The van der Waals surface area contributed by atoms with Gasteiger partial charge in [0.1, 0.15) is 18.4 Å². The molecule has 6 nitrogen and oxygen atoms in total. The predicted octanol–water partition coefficient (Wildman–Crippen LogP) is 2.24. The van der Waals surface area contributed by atoms with E-state index >= 15 is 0 Å². The van der Waals surface area contributed by atoms with Crippen LogP contribution in [0, 0.1) is 0 Å². The molecular formula is C15H18F3NO5. The van der Waals surface area contributed by atoms with Gasteiger partial charge in [-0.3, -0.25) is 4.79 Å². The lowest BCUT2D eigenvalue weighted by Crippen LogP contribution is -2.43. The van der Waals surface area contributed by atoms with Crippen molar-refractivity contribution in [3.63, 3.8) is 0 Å². The van der Waals surface area contributed by atoms with Gasteiger partial charge in [0.25, 0.3) is 5.91 Å². The summed E-state index contributed by atoms with van der Waals surface area (Å²) in [6, 6.07) is 3.79. The number of para-hydroxylation sites is 1. The van der Waals surface area contributed by atoms with Crippen LogP contribution < -0.4 is 10.1 Å². The van der Waals surface area contributed by atoms with Gasteiger partial charge in [-0.15, -0.1) is 0 Å². The van der Waals surface area contributed by atoms with Crippen LogP contribution in [0.25, 0.3) is 0 Å². The zero-order chi connectivity index (χ0) is 18.2. The summed E-state index contributed by atoms with van der Waals surface area (Å²) in [5.74, 6) is -2.60. The highest BCUT2D eigenvalue weighted by atomic mass is 19.4. The fourth-order valence-electron chi connectivity index (χ4n) is 1.80. The molecule has 0 saturated carbocycles. The molecule has 0 aliphatic heterocycles. The number of ether oxygens (including phenoxy) is 2. The normalized spacial score (nSPS) is 12.5. The number of carboxylic acid groups (broad SMARTS) is 1. The number of hydrogen-bond donors (Lipinski definition) is 2. The van der Waals surface area contributed by atoms with E-state index in [4.69, 9.17) is 14.6 Å². The molecule has 0 fully saturated rings. The standard InChI is InChI=1S/C15H18F3NO5/c1-2-23-7-8-24-12-6-4-3-5-10(12)13(20)19-11(14(21)22)9-15(16,17)18/h3-6,11H,2,7-9H2,1H3,(H,19,20)(H,21,22). The highest BCUT2D eigenvalue weighted by Crippen LogP contribution is 2.23. The molecule has 0 aromatic heterocycles. The van der Waals surface area contributed by atoms with Crippen LogP contribution in [0.5, 0.6) is 5.75 Å². The third kappa shape index (κ3) is 6.86. The number of halogens is 3. The molecule has 1 aromatic rings. The molecule has 0 aliphatic carbocycles. The summed E-state index contributed by atoms with van der Waals surface area (Å²) >= 11 is 0. The Balaban J connectivity index is 2.80. The molecule has 134 valence electrons. The molecule has 2 N–H and O–H groups in total. The van der Waals surface area contributed by atoms with Gasteiger partial charge in [0.05, 0.1) is 18.6 Å². The number of carbonyl (C=O) groups is 2. The van der Waals surface area contributed by atoms with E-state index < -0.39 is 30.5 Å². The van der Waals surface area contributed by atoms with Gasteiger partial charge in [0.2, 0.25) is 0 Å². The Kier molecular flexibility index (Phi) is 7.50. The molecule has 0 saturated heterocycles. The first-order valence-corrected chi connectivity index (χ1v) is 7.14. The monoisotopic (exact) mass is 349 g/mol. The van der Waals surface area contributed by atoms with Gasteiger partial charge < -0.3 is 19.9 Å². The van der Waals surface area contributed by atoms with E-state index in [2.05, 4.69) is 0 Å². The fourth-order valence-corrected chi connectivity index (χ4v) is 1.80. The highest BCUT2D eigenvalue weighted by molar-refractivity contribution is 5.98. The van der Waals surface area contributed by atoms with Crippen molar-refractivity contribution in [1.29, 1.82) is 0 Å². The number of nitrogens with one attached hydrogen (secondary N) is 1. The van der Waals surface area contributed by atoms with Crippen molar-refractivity contribution in [2.45, 2.75) is 25.6 Å². The van der Waals surface area contributed by atoms with E-state index in [1.165, 1.54) is 18.2 Å². The van der Waals surface area contributed by atoms with Crippen LogP contribution in [0.2, 0.25) is 0 Å². The van der Waals surface area contributed by atoms with E-state index in [0.717, 1.165) is 0 Å². The lowest BCUT2D eigenvalue weighted by molar-refractivity contribution is -0.157. The number of amides is 1. The SMILES string of the molecule is CCOCCOc1ccccc1C(=O)NC(CC(F)(F)F)C(=O)O. The van der Waals surface area contributed by atoms with Crippen LogP contribution >= 0.6 is 0 Å². The van der Waals surface area contributed by atoms with E-state index in [1.54, 1.807) is 13.0 Å². The van der Waals surface area contributed by atoms with E-state index in [-0.39, 0.29) is 24.5 Å². The van der Waals surface area contributed by atoms with Gasteiger partial charge in [-0.05, 0) is 19.1 Å². The number of aliphatic carboxylic acids is 1. The summed E-state index contributed by atoms with van der Waals surface area (Å²) in [5.41, 5.74) is -0.0533. The molecule has 0 bridgehead atoms. The minimum Gasteiger partial charge on any atom is -0.490 e. The number of benzene rings is 1. The van der Waals surface area contributed by atoms with Crippen LogP contribution in [0.1, 0.15) is 23.7 Å². The van der Waals surface area contributed by atoms with Crippen LogP contribution in [0.4, 0.5) is 13.2 Å². The molecule has 0 radical (unpaired) electrons. The maximum Gasteiger partial charge on any atom is 0.391 e. The fraction of sp³-hybridized carbons (Fsp3) is 0.467. The maximum atomic E-state index is 12.4. The average molecular weight is 349 g/mol. The molecule has 1 atom stereocenters. The second kappa shape index (κ2) is 9.11. The summed E-state index contributed by atoms with van der Waals surface area (Å²) in [5, 5.41) is 10.7. The first-order chi connectivity index (χ1) is 11.2. The lowest BCUT2D eigenvalue weighted by atomic mass is 10.1. The van der Waals surface area contributed by atoms with Crippen molar-refractivity contribution < 1.29 is 37.3 Å². The average Bonchev–Trinajstić information content (AvgIpc) is 2.50. The molecular weight excluding hydrogens is 331 g/mol. The Labute approximate surface area is 136 Å². The molecule has 1 amide bonds. The van der Waals surface area contributed by atoms with Gasteiger partial charge >= 0.3 is 12.1 Å². The van der Waals surface area contributed by atoms with Crippen LogP contribution in [0.3, 0.4) is 0 Å². The number of rotatable bonds is 9. The topological polar surface area (TPSA) is 84.9 Å². The molecule has 0 heterocycles. The second-order valence-electron chi connectivity index (χ2n) is 4.73. The number of hydrogen-bond acceptors (Lipinski definition) is 4. The highest BCUT2D eigenvalue weighted by Gasteiger charge is 2.36. The van der Waals surface area contributed by atoms with Crippen LogP contribution in [0.15, 0.2) is 24.3 Å². The Morgan fingerprint density at radius 3 is 2.50 bits per heavy atom. The van der Waals surface area contributed by atoms with Crippen molar-refractivity contribution >= 4 is 11.9 Å². The van der Waals surface area contributed by atoms with Gasteiger partial charge in [0.15, 0.2) is 0 Å². The Hall–Kier alpha value is -2.29. The van der Waals surface area contributed by atoms with Crippen LogP contribution in [-0.2, 0) is 9.53 Å². The van der Waals surface area contributed by atoms with E-state index in [9.17, 15) is 22.8 Å². The van der Waals surface area contributed by atoms with E-state index in [1.807, 2.05) is 5.32 Å². The third-order valence-corrected chi connectivity index (χ3v) is 2.86. The first kappa shape index (κ1) is 19.8. The Bertz CT molecular complexity index is 562. The van der Waals surface area contributed by atoms with Crippen molar-refractivity contribution in [2.75, 3.05) is 19.8 Å². The van der Waals surface area contributed by atoms with Crippen molar-refractivity contribution in [2.24, 2.45) is 0 Å². The summed E-state index contributed by atoms with van der Waals surface area (Å²) in [4.78, 5) is 23.0. The molecule has 1 rings (SSSR count). The number of carbonyl (C=O) groups excluding carboxylic acids is 1. The second-order valence-corrected chi connectivity index (χ2v) is 4.73. The molecule has 1 unspecified atom stereocenters. The molecule has 9 heteroatoms. The first-order valence-electron chi connectivity index (χ1n) is 7.14. The smallest absolute Gasteiger partial charge is 0.391 e. The Morgan fingerprint density at radius 2 is 1.92 bits per heavy atom. The minimum absolute atomic E-state index is 0.0533. The molecule has 0 aliphatic rings. The van der Waals surface area contributed by atoms with Crippen molar-refractivity contribution in [1.82, 2.24) is 5.32 Å². The number of alkyl halides is 3. The van der Waals surface area contributed by atoms with Crippen LogP contribution in [-0.4, -0.2) is 49.0 Å². The summed E-state index contributed by atoms with van der Waals surface area (Å²) in [6.07, 6.45) is -6.38. The predicted molar refractivity (Wildman–Crippen MR) is 78.0 cm³/mol. The lowest BCUT2D eigenvalue weighted by Gasteiger charge is -2.17. The zero-order valence-electron chi connectivity index (χ0n) is 12.9. The summed E-state index contributed by atoms with van der Waals surface area (Å²) in [6.45, 7) is 2.71. The van der Waals surface area contributed by atoms with Crippen molar-refractivity contribution in [3.8, 4) is 5.75 Å². The summed E-state index contributed by atoms with van der Waals surface area (Å²) in [7, 11) is 0. The van der Waals surface area contributed by atoms with Crippen molar-refractivity contribution in [3.05, 3.63) is 29.8 Å². The third-order valence-electron chi connectivity index (χ3n) is 2.86. The van der Waals surface area contributed by atoms with Gasteiger partial charge in [0, 0.05) is 6.61 Å². The molecule has 1 aromatic carbocycles.